The molecule has 1 aliphatic heterocycles. The Morgan fingerprint density at radius 1 is 1.56 bits per heavy atom. The molecule has 18 heavy (non-hydrogen) atoms. The van der Waals surface area contributed by atoms with Gasteiger partial charge in [-0.1, -0.05) is 0 Å². The second-order valence-corrected chi connectivity index (χ2v) is 5.46. The van der Waals surface area contributed by atoms with Gasteiger partial charge >= 0.3 is 0 Å². The van der Waals surface area contributed by atoms with Crippen molar-refractivity contribution in [1.29, 1.82) is 0 Å². The standard InChI is InChI=1S/C12H19N3O2S/c1-3-16-7-11-14-10(13)6-12(15-11)18-9-4-5-17-8(9)2/h6,8-9H,3-5,7H2,1-2H3,(H2,13,14,15). The van der Waals surface area contributed by atoms with Crippen molar-refractivity contribution in [2.45, 2.75) is 43.3 Å². The minimum atomic E-state index is 0.265. The summed E-state index contributed by atoms with van der Waals surface area (Å²) in [6.07, 6.45) is 1.32. The van der Waals surface area contributed by atoms with Crippen LogP contribution in [0.1, 0.15) is 26.1 Å². The summed E-state index contributed by atoms with van der Waals surface area (Å²) in [6.45, 7) is 5.92. The van der Waals surface area contributed by atoms with Crippen LogP contribution >= 0.6 is 11.8 Å². The van der Waals surface area contributed by atoms with Crippen molar-refractivity contribution < 1.29 is 9.47 Å². The van der Waals surface area contributed by atoms with E-state index in [0.717, 1.165) is 18.1 Å². The van der Waals surface area contributed by atoms with Crippen LogP contribution in [0.25, 0.3) is 0 Å². The van der Waals surface area contributed by atoms with Crippen LogP contribution in [0.4, 0.5) is 5.82 Å². The molecule has 0 radical (unpaired) electrons. The average Bonchev–Trinajstić information content (AvgIpc) is 2.72. The first-order valence-corrected chi connectivity index (χ1v) is 7.06. The zero-order valence-electron chi connectivity index (χ0n) is 10.8. The number of ether oxygens (including phenoxy) is 2. The van der Waals surface area contributed by atoms with Gasteiger partial charge in [-0.25, -0.2) is 9.97 Å². The zero-order chi connectivity index (χ0) is 13.0. The van der Waals surface area contributed by atoms with Gasteiger partial charge in [0.1, 0.15) is 17.5 Å². The Morgan fingerprint density at radius 3 is 3.06 bits per heavy atom. The van der Waals surface area contributed by atoms with Gasteiger partial charge in [0, 0.05) is 24.5 Å². The van der Waals surface area contributed by atoms with Crippen LogP contribution in [0.15, 0.2) is 11.1 Å². The molecule has 2 unspecified atom stereocenters. The number of nitrogens with two attached hydrogens (primary N) is 1. The normalized spacial score (nSPS) is 23.4. The van der Waals surface area contributed by atoms with E-state index in [1.807, 2.05) is 13.0 Å². The van der Waals surface area contributed by atoms with E-state index in [0.29, 0.717) is 30.1 Å². The Bertz CT molecular complexity index is 403. The molecule has 5 nitrogen and oxygen atoms in total. The fraction of sp³-hybridized carbons (Fsp3) is 0.667. The molecule has 1 aromatic heterocycles. The number of rotatable bonds is 5. The highest BCUT2D eigenvalue weighted by Crippen LogP contribution is 2.31. The number of hydrogen-bond donors (Lipinski definition) is 1. The van der Waals surface area contributed by atoms with Crippen molar-refractivity contribution in [2.24, 2.45) is 0 Å². The molecular formula is C12H19N3O2S. The molecular weight excluding hydrogens is 250 g/mol. The SMILES string of the molecule is CCOCc1nc(N)cc(SC2CCOC2C)n1. The monoisotopic (exact) mass is 269 g/mol. The molecule has 0 saturated carbocycles. The maximum Gasteiger partial charge on any atom is 0.157 e. The van der Waals surface area contributed by atoms with Gasteiger partial charge in [0.25, 0.3) is 0 Å². The molecule has 2 rings (SSSR count). The fourth-order valence-electron chi connectivity index (χ4n) is 1.83. The van der Waals surface area contributed by atoms with E-state index < -0.39 is 0 Å². The van der Waals surface area contributed by atoms with E-state index >= 15 is 0 Å². The van der Waals surface area contributed by atoms with Gasteiger partial charge in [0.2, 0.25) is 0 Å². The number of hydrogen-bond acceptors (Lipinski definition) is 6. The van der Waals surface area contributed by atoms with Crippen molar-refractivity contribution in [3.05, 3.63) is 11.9 Å². The van der Waals surface area contributed by atoms with Gasteiger partial charge in [0.05, 0.1) is 6.10 Å². The maximum absolute atomic E-state index is 5.79. The molecule has 2 N–H and O–H groups in total. The van der Waals surface area contributed by atoms with E-state index in [2.05, 4.69) is 16.9 Å². The Kier molecular flexibility index (Phi) is 4.79. The number of anilines is 1. The molecule has 2 heterocycles. The largest absolute Gasteiger partial charge is 0.384 e. The maximum atomic E-state index is 5.79. The highest BCUT2D eigenvalue weighted by atomic mass is 32.2. The summed E-state index contributed by atoms with van der Waals surface area (Å²) in [4.78, 5) is 8.62. The van der Waals surface area contributed by atoms with E-state index in [4.69, 9.17) is 15.2 Å². The Labute approximate surface area is 111 Å². The summed E-state index contributed by atoms with van der Waals surface area (Å²) in [7, 11) is 0. The third-order valence-corrected chi connectivity index (χ3v) is 4.16. The minimum absolute atomic E-state index is 0.265. The van der Waals surface area contributed by atoms with Crippen LogP contribution in [0.2, 0.25) is 0 Å². The lowest BCUT2D eigenvalue weighted by atomic mass is 10.3. The van der Waals surface area contributed by atoms with Crippen molar-refractivity contribution in [3.8, 4) is 0 Å². The van der Waals surface area contributed by atoms with Crippen LogP contribution in [-0.2, 0) is 16.1 Å². The Balaban J connectivity index is 2.05. The molecule has 0 amide bonds. The van der Waals surface area contributed by atoms with Crippen molar-refractivity contribution in [2.75, 3.05) is 18.9 Å². The average molecular weight is 269 g/mol. The smallest absolute Gasteiger partial charge is 0.157 e. The van der Waals surface area contributed by atoms with Gasteiger partial charge in [-0.3, -0.25) is 0 Å². The topological polar surface area (TPSA) is 70.3 Å². The predicted molar refractivity (Wildman–Crippen MR) is 71.5 cm³/mol. The highest BCUT2D eigenvalue weighted by molar-refractivity contribution is 7.99. The number of nitrogens with zero attached hydrogens (tertiary/aromatic N) is 2. The first kappa shape index (κ1) is 13.6. The van der Waals surface area contributed by atoms with Gasteiger partial charge in [-0.15, -0.1) is 11.8 Å². The molecule has 1 saturated heterocycles. The molecule has 1 aliphatic rings. The van der Waals surface area contributed by atoms with Gasteiger partial charge in [0.15, 0.2) is 5.82 Å². The molecule has 1 fully saturated rings. The zero-order valence-corrected chi connectivity index (χ0v) is 11.6. The van der Waals surface area contributed by atoms with E-state index in [-0.39, 0.29) is 6.10 Å². The molecule has 0 aromatic carbocycles. The molecule has 0 aliphatic carbocycles. The predicted octanol–water partition coefficient (Wildman–Crippen LogP) is 1.86. The minimum Gasteiger partial charge on any atom is -0.384 e. The summed E-state index contributed by atoms with van der Waals surface area (Å²) in [5, 5.41) is 1.35. The summed E-state index contributed by atoms with van der Waals surface area (Å²) in [5.41, 5.74) is 5.79. The van der Waals surface area contributed by atoms with Gasteiger partial charge < -0.3 is 15.2 Å². The molecule has 6 heteroatoms. The van der Waals surface area contributed by atoms with Gasteiger partial charge in [-0.05, 0) is 20.3 Å². The quantitative estimate of drug-likeness (QED) is 0.823. The van der Waals surface area contributed by atoms with Crippen LogP contribution in [0.3, 0.4) is 0 Å². The lowest BCUT2D eigenvalue weighted by molar-refractivity contribution is 0.127. The molecule has 100 valence electrons. The second-order valence-electron chi connectivity index (χ2n) is 4.21. The molecule has 2 atom stereocenters. The molecule has 1 aromatic rings. The third-order valence-electron chi connectivity index (χ3n) is 2.78. The van der Waals surface area contributed by atoms with Crippen molar-refractivity contribution >= 4 is 17.6 Å². The fourth-order valence-corrected chi connectivity index (χ4v) is 2.97. The van der Waals surface area contributed by atoms with E-state index in [9.17, 15) is 0 Å². The number of nitrogen functional groups attached to an aromatic ring is 1. The Morgan fingerprint density at radius 2 is 2.39 bits per heavy atom. The summed E-state index contributed by atoms with van der Waals surface area (Å²) < 4.78 is 10.8. The lowest BCUT2D eigenvalue weighted by Gasteiger charge is -2.13. The van der Waals surface area contributed by atoms with Crippen LogP contribution in [-0.4, -0.2) is 34.5 Å². The molecule has 0 bridgehead atoms. The third kappa shape index (κ3) is 3.57. The summed E-state index contributed by atoms with van der Waals surface area (Å²) in [6, 6.07) is 1.81. The highest BCUT2D eigenvalue weighted by Gasteiger charge is 2.25. The first-order chi connectivity index (χ1) is 8.69. The first-order valence-electron chi connectivity index (χ1n) is 6.18. The van der Waals surface area contributed by atoms with E-state index in [1.54, 1.807) is 11.8 Å². The van der Waals surface area contributed by atoms with E-state index in [1.165, 1.54) is 0 Å². The second kappa shape index (κ2) is 6.36. The summed E-state index contributed by atoms with van der Waals surface area (Å²) >= 11 is 1.71. The van der Waals surface area contributed by atoms with Crippen LogP contribution < -0.4 is 5.73 Å². The number of aromatic nitrogens is 2. The van der Waals surface area contributed by atoms with Crippen LogP contribution in [0.5, 0.6) is 0 Å². The molecule has 0 spiro atoms. The Hall–Kier alpha value is -0.850. The van der Waals surface area contributed by atoms with Crippen molar-refractivity contribution in [3.63, 3.8) is 0 Å². The van der Waals surface area contributed by atoms with Crippen molar-refractivity contribution in [1.82, 2.24) is 9.97 Å². The van der Waals surface area contributed by atoms with Gasteiger partial charge in [-0.2, -0.15) is 0 Å². The van der Waals surface area contributed by atoms with Crippen LogP contribution in [0, 0.1) is 0 Å². The number of thioether (sulfide) groups is 1. The lowest BCUT2D eigenvalue weighted by Crippen LogP contribution is -2.14. The summed E-state index contributed by atoms with van der Waals surface area (Å²) in [5.74, 6) is 1.14.